The van der Waals surface area contributed by atoms with Crippen molar-refractivity contribution in [2.24, 2.45) is 8.73 Å². The van der Waals surface area contributed by atoms with Gasteiger partial charge >= 0.3 is 0 Å². The number of carbonyl (C=O) groups excluding carboxylic acids is 1. The highest BCUT2D eigenvalue weighted by molar-refractivity contribution is 7.58. The molecule has 7 heteroatoms. The van der Waals surface area contributed by atoms with Crippen LogP contribution in [0.4, 0.5) is 17.1 Å². The third-order valence-corrected chi connectivity index (χ3v) is 3.86. The molecule has 5 nitrogen and oxygen atoms in total. The normalized spacial score (nSPS) is 11.7. The Morgan fingerprint density at radius 1 is 1.32 bits per heavy atom. The fourth-order valence-corrected chi connectivity index (χ4v) is 2.68. The van der Waals surface area contributed by atoms with Crippen LogP contribution in [0.3, 0.4) is 0 Å². The number of hydrogen-bond acceptors (Lipinski definition) is 4. The molecule has 0 aromatic heterocycles. The van der Waals surface area contributed by atoms with Crippen molar-refractivity contribution in [2.75, 3.05) is 11.9 Å². The first-order chi connectivity index (χ1) is 10.6. The van der Waals surface area contributed by atoms with Gasteiger partial charge in [-0.05, 0) is 36.8 Å². The van der Waals surface area contributed by atoms with Crippen LogP contribution in [0.25, 0.3) is 0 Å². The largest absolute Gasteiger partial charge is 0.482 e. The molecule has 0 saturated heterocycles. The van der Waals surface area contributed by atoms with Crippen molar-refractivity contribution in [1.29, 1.82) is 0 Å². The van der Waals surface area contributed by atoms with E-state index in [0.717, 1.165) is 22.6 Å². The zero-order valence-corrected chi connectivity index (χ0v) is 13.2. The smallest absolute Gasteiger partial charge is 0.262 e. The molecule has 0 saturated carbocycles. The molecular weight excluding hydrogens is 322 g/mol. The molecule has 2 aromatic rings. The van der Waals surface area contributed by atoms with E-state index in [0.29, 0.717) is 22.1 Å². The summed E-state index contributed by atoms with van der Waals surface area (Å²) in [4.78, 5) is 12.0. The van der Waals surface area contributed by atoms with Crippen LogP contribution in [-0.4, -0.2) is 12.5 Å². The molecular formula is C15H12ClN3O2S. The number of carbonyl (C=O) groups is 1. The van der Waals surface area contributed by atoms with E-state index in [4.69, 9.17) is 16.3 Å². The number of halogens is 1. The fraction of sp³-hybridized carbons (Fsp3) is 0.133. The Kier molecular flexibility index (Phi) is 4.22. The van der Waals surface area contributed by atoms with Gasteiger partial charge in [0.25, 0.3) is 5.91 Å². The number of amides is 1. The maximum absolute atomic E-state index is 12.0. The number of benzene rings is 2. The molecule has 1 aliphatic heterocycles. The zero-order valence-electron chi connectivity index (χ0n) is 11.7. The molecule has 0 radical (unpaired) electrons. The lowest BCUT2D eigenvalue weighted by Gasteiger charge is -2.10. The number of rotatable bonds is 4. The van der Waals surface area contributed by atoms with Gasteiger partial charge in [-0.1, -0.05) is 23.7 Å². The van der Waals surface area contributed by atoms with Gasteiger partial charge in [0.1, 0.15) is 17.1 Å². The van der Waals surface area contributed by atoms with Crippen LogP contribution in [0.15, 0.2) is 45.1 Å². The summed E-state index contributed by atoms with van der Waals surface area (Å²) in [6.07, 6.45) is 0. The van der Waals surface area contributed by atoms with Crippen molar-refractivity contribution in [3.8, 4) is 5.75 Å². The zero-order chi connectivity index (χ0) is 15.5. The van der Waals surface area contributed by atoms with Gasteiger partial charge in [0.05, 0.1) is 22.1 Å². The minimum atomic E-state index is -0.280. The standard InChI is InChI=1S/C15H12ClN3O2S/c1-9-5-6-10(16)13(7-9)21-8-14(20)17-11-3-2-4-12-15(11)19-22-18-12/h2-7H,8H2,1H3,(H,17,20). The van der Waals surface area contributed by atoms with Gasteiger partial charge in [0.2, 0.25) is 0 Å². The Morgan fingerprint density at radius 2 is 2.18 bits per heavy atom. The number of nitrogens with zero attached hydrogens (tertiary/aromatic N) is 2. The van der Waals surface area contributed by atoms with Crippen LogP contribution < -0.4 is 10.1 Å². The van der Waals surface area contributed by atoms with Gasteiger partial charge in [0.15, 0.2) is 6.61 Å². The molecule has 1 N–H and O–H groups in total. The van der Waals surface area contributed by atoms with Gasteiger partial charge in [-0.15, -0.1) is 0 Å². The predicted molar refractivity (Wildman–Crippen MR) is 88.3 cm³/mol. The third-order valence-electron chi connectivity index (χ3n) is 3.01. The van der Waals surface area contributed by atoms with Crippen LogP contribution in [0.5, 0.6) is 5.75 Å². The molecule has 1 aliphatic rings. The van der Waals surface area contributed by atoms with E-state index in [-0.39, 0.29) is 12.5 Å². The van der Waals surface area contributed by atoms with Crippen molar-refractivity contribution in [1.82, 2.24) is 0 Å². The quantitative estimate of drug-likeness (QED) is 0.769. The lowest BCUT2D eigenvalue weighted by atomic mass is 10.2. The van der Waals surface area contributed by atoms with Crippen LogP contribution in [-0.2, 0) is 16.1 Å². The highest BCUT2D eigenvalue weighted by atomic mass is 35.5. The van der Waals surface area contributed by atoms with Crippen LogP contribution in [0, 0.1) is 6.92 Å². The van der Waals surface area contributed by atoms with Crippen molar-refractivity contribution < 1.29 is 9.53 Å². The lowest BCUT2D eigenvalue weighted by molar-refractivity contribution is -0.118. The second-order valence-corrected chi connectivity index (χ2v) is 5.64. The summed E-state index contributed by atoms with van der Waals surface area (Å²) >= 11 is 7.14. The molecule has 1 heterocycles. The van der Waals surface area contributed by atoms with E-state index in [2.05, 4.69) is 14.0 Å². The number of aryl methyl sites for hydroxylation is 1. The second kappa shape index (κ2) is 6.29. The van der Waals surface area contributed by atoms with E-state index < -0.39 is 0 Å². The maximum Gasteiger partial charge on any atom is 0.262 e. The second-order valence-electron chi connectivity index (χ2n) is 4.71. The fourth-order valence-electron chi connectivity index (χ4n) is 1.96. The third kappa shape index (κ3) is 3.18. The van der Waals surface area contributed by atoms with Crippen molar-refractivity contribution in [2.45, 2.75) is 6.92 Å². The minimum absolute atomic E-state index is 0.128. The van der Waals surface area contributed by atoms with Crippen LogP contribution in [0.2, 0.25) is 5.02 Å². The SMILES string of the molecule is Cc1ccc(Cl)c(OCC(=O)Nc2cccc3c2N=S=N3)c1. The molecule has 22 heavy (non-hydrogen) atoms. The summed E-state index contributed by atoms with van der Waals surface area (Å²) in [7, 11) is 0. The van der Waals surface area contributed by atoms with Gasteiger partial charge in [-0.3, -0.25) is 4.79 Å². The molecule has 0 aliphatic carbocycles. The maximum atomic E-state index is 12.0. The number of fused-ring (bicyclic) bond motifs is 1. The summed E-state index contributed by atoms with van der Waals surface area (Å²) in [5.74, 6) is 0.212. The predicted octanol–water partition coefficient (Wildman–Crippen LogP) is 4.39. The average Bonchev–Trinajstić information content (AvgIpc) is 2.98. The van der Waals surface area contributed by atoms with Crippen molar-refractivity contribution in [3.05, 3.63) is 47.0 Å². The Labute approximate surface area is 136 Å². The number of hydrogen-bond donors (Lipinski definition) is 1. The van der Waals surface area contributed by atoms with E-state index in [1.807, 2.05) is 25.1 Å². The Bertz CT molecular complexity index is 816. The molecule has 0 fully saturated rings. The number of nitrogens with one attached hydrogen (secondary N) is 1. The molecule has 0 unspecified atom stereocenters. The monoisotopic (exact) mass is 333 g/mol. The summed E-state index contributed by atoms with van der Waals surface area (Å²) in [6, 6.07) is 10.9. The number of anilines is 1. The highest BCUT2D eigenvalue weighted by Gasteiger charge is 2.13. The molecule has 2 aromatic carbocycles. The van der Waals surface area contributed by atoms with Gasteiger partial charge in [0, 0.05) is 0 Å². The minimum Gasteiger partial charge on any atom is -0.482 e. The highest BCUT2D eigenvalue weighted by Crippen LogP contribution is 2.38. The molecule has 0 spiro atoms. The van der Waals surface area contributed by atoms with E-state index in [1.165, 1.54) is 0 Å². The Morgan fingerprint density at radius 3 is 3.05 bits per heavy atom. The number of ether oxygens (including phenoxy) is 1. The molecule has 0 bridgehead atoms. The van der Waals surface area contributed by atoms with Gasteiger partial charge in [-0.25, -0.2) is 0 Å². The van der Waals surface area contributed by atoms with Crippen LogP contribution >= 0.6 is 11.6 Å². The van der Waals surface area contributed by atoms with Gasteiger partial charge in [-0.2, -0.15) is 8.73 Å². The van der Waals surface area contributed by atoms with Crippen LogP contribution in [0.1, 0.15) is 5.56 Å². The first kappa shape index (κ1) is 14.7. The summed E-state index contributed by atoms with van der Waals surface area (Å²) in [6.45, 7) is 1.80. The molecule has 3 rings (SSSR count). The summed E-state index contributed by atoms with van der Waals surface area (Å²) < 4.78 is 13.8. The van der Waals surface area contributed by atoms with Gasteiger partial charge < -0.3 is 10.1 Å². The Balaban J connectivity index is 1.65. The average molecular weight is 334 g/mol. The Hall–Kier alpha value is -2.18. The van der Waals surface area contributed by atoms with Crippen molar-refractivity contribution in [3.63, 3.8) is 0 Å². The van der Waals surface area contributed by atoms with E-state index in [1.54, 1.807) is 18.2 Å². The summed E-state index contributed by atoms with van der Waals surface area (Å²) in [5.41, 5.74) is 3.06. The lowest BCUT2D eigenvalue weighted by Crippen LogP contribution is -2.20. The molecule has 0 atom stereocenters. The summed E-state index contributed by atoms with van der Waals surface area (Å²) in [5, 5.41) is 3.25. The van der Waals surface area contributed by atoms with Crippen molar-refractivity contribution >= 4 is 45.9 Å². The first-order valence-electron chi connectivity index (χ1n) is 6.53. The topological polar surface area (TPSA) is 63.0 Å². The molecule has 112 valence electrons. The van der Waals surface area contributed by atoms with E-state index >= 15 is 0 Å². The molecule has 1 amide bonds. The van der Waals surface area contributed by atoms with E-state index in [9.17, 15) is 4.79 Å². The first-order valence-corrected chi connectivity index (χ1v) is 7.64.